The summed E-state index contributed by atoms with van der Waals surface area (Å²) in [5, 5.41) is 0.854. The summed E-state index contributed by atoms with van der Waals surface area (Å²) in [4.78, 5) is 17.4. The van der Waals surface area contributed by atoms with E-state index in [0.29, 0.717) is 11.4 Å². The van der Waals surface area contributed by atoms with Crippen molar-refractivity contribution in [3.63, 3.8) is 0 Å². The minimum Gasteiger partial charge on any atom is -0.426 e. The lowest BCUT2D eigenvalue weighted by Gasteiger charge is -2.04. The summed E-state index contributed by atoms with van der Waals surface area (Å²) < 4.78 is 18.4. The van der Waals surface area contributed by atoms with E-state index in [9.17, 15) is 9.18 Å². The Balaban J connectivity index is 1.80. The van der Waals surface area contributed by atoms with Crippen molar-refractivity contribution in [2.24, 2.45) is 0 Å². The largest absolute Gasteiger partial charge is 0.426 e. The first-order valence-electron chi connectivity index (χ1n) is 7.10. The van der Waals surface area contributed by atoms with Crippen LogP contribution >= 0.6 is 11.3 Å². The number of para-hydroxylation sites is 1. The second kappa shape index (κ2) is 6.71. The molecule has 0 radical (unpaired) electrons. The molecule has 5 heteroatoms. The molecule has 0 amide bonds. The number of esters is 1. The molecule has 0 unspecified atom stereocenters. The van der Waals surface area contributed by atoms with E-state index in [0.717, 1.165) is 15.4 Å². The summed E-state index contributed by atoms with van der Waals surface area (Å²) in [6.45, 7) is 1.88. The normalized spacial score (nSPS) is 10.5. The highest BCUT2D eigenvalue weighted by atomic mass is 32.1. The number of hydrogen-bond donors (Lipinski definition) is 0. The first kappa shape index (κ1) is 15.4. The van der Waals surface area contributed by atoms with Crippen LogP contribution in [-0.4, -0.2) is 11.0 Å². The van der Waals surface area contributed by atoms with E-state index in [1.807, 2.05) is 25.1 Å². The van der Waals surface area contributed by atoms with Crippen LogP contribution in [0.3, 0.4) is 0 Å². The number of carbonyl (C=O) groups is 1. The maximum absolute atomic E-state index is 13.1. The van der Waals surface area contributed by atoms with Crippen LogP contribution in [0.15, 0.2) is 54.6 Å². The zero-order valence-electron chi connectivity index (χ0n) is 12.5. The number of aromatic nitrogens is 1. The van der Waals surface area contributed by atoms with Crippen LogP contribution in [0.1, 0.15) is 9.88 Å². The highest BCUT2D eigenvalue weighted by molar-refractivity contribution is 7.12. The SMILES string of the molecule is Cc1nc(-c2ccc(F)cc2)c(CC(=O)Oc2ccccc2)s1. The molecule has 0 N–H and O–H groups in total. The fraction of sp³-hybridized carbons (Fsp3) is 0.111. The summed E-state index contributed by atoms with van der Waals surface area (Å²) >= 11 is 1.45. The summed E-state index contributed by atoms with van der Waals surface area (Å²) in [5.74, 6) is -0.129. The van der Waals surface area contributed by atoms with Gasteiger partial charge in [0.2, 0.25) is 0 Å². The molecule has 0 bridgehead atoms. The van der Waals surface area contributed by atoms with E-state index in [1.165, 1.54) is 23.5 Å². The molecule has 23 heavy (non-hydrogen) atoms. The number of carbonyl (C=O) groups excluding carboxylic acids is 1. The van der Waals surface area contributed by atoms with E-state index in [1.54, 1.807) is 24.3 Å². The van der Waals surface area contributed by atoms with Gasteiger partial charge >= 0.3 is 5.97 Å². The van der Waals surface area contributed by atoms with Crippen molar-refractivity contribution in [1.82, 2.24) is 4.98 Å². The number of hydrogen-bond acceptors (Lipinski definition) is 4. The van der Waals surface area contributed by atoms with Gasteiger partial charge in [0, 0.05) is 10.4 Å². The molecular weight excluding hydrogens is 313 g/mol. The van der Waals surface area contributed by atoms with E-state index >= 15 is 0 Å². The Morgan fingerprint density at radius 1 is 1.13 bits per heavy atom. The van der Waals surface area contributed by atoms with Gasteiger partial charge in [-0.2, -0.15) is 0 Å². The van der Waals surface area contributed by atoms with Gasteiger partial charge in [-0.1, -0.05) is 18.2 Å². The molecule has 0 aliphatic heterocycles. The molecule has 0 atom stereocenters. The predicted molar refractivity (Wildman–Crippen MR) is 88.0 cm³/mol. The van der Waals surface area contributed by atoms with Gasteiger partial charge < -0.3 is 4.74 Å². The summed E-state index contributed by atoms with van der Waals surface area (Å²) in [6.07, 6.45) is 0.132. The van der Waals surface area contributed by atoms with Gasteiger partial charge in [-0.15, -0.1) is 11.3 Å². The number of rotatable bonds is 4. The molecule has 0 saturated carbocycles. The monoisotopic (exact) mass is 327 g/mol. The number of nitrogens with zero attached hydrogens (tertiary/aromatic N) is 1. The molecule has 0 fully saturated rings. The lowest BCUT2D eigenvalue weighted by molar-refractivity contribution is -0.133. The lowest BCUT2D eigenvalue weighted by atomic mass is 10.1. The van der Waals surface area contributed by atoms with Gasteiger partial charge in [0.05, 0.1) is 17.1 Å². The number of benzene rings is 2. The standard InChI is InChI=1S/C18H14FNO2S/c1-12-20-18(13-7-9-14(19)10-8-13)16(23-12)11-17(21)22-15-5-3-2-4-6-15/h2-10H,11H2,1H3. The maximum Gasteiger partial charge on any atom is 0.316 e. The molecule has 0 saturated heterocycles. The van der Waals surface area contributed by atoms with Crippen LogP contribution in [0.4, 0.5) is 4.39 Å². The molecule has 116 valence electrons. The minimum atomic E-state index is -0.344. The second-order valence-corrected chi connectivity index (χ2v) is 6.26. The van der Waals surface area contributed by atoms with E-state index in [2.05, 4.69) is 4.98 Å². The highest BCUT2D eigenvalue weighted by Gasteiger charge is 2.16. The van der Waals surface area contributed by atoms with Gasteiger partial charge in [0.1, 0.15) is 11.6 Å². The Bertz CT molecular complexity index is 813. The van der Waals surface area contributed by atoms with Crippen molar-refractivity contribution in [2.75, 3.05) is 0 Å². The van der Waals surface area contributed by atoms with Gasteiger partial charge in [-0.25, -0.2) is 9.37 Å². The van der Waals surface area contributed by atoms with Gasteiger partial charge in [-0.05, 0) is 43.3 Å². The third-order valence-electron chi connectivity index (χ3n) is 3.20. The van der Waals surface area contributed by atoms with Crippen molar-refractivity contribution in [2.45, 2.75) is 13.3 Å². The summed E-state index contributed by atoms with van der Waals surface area (Å²) in [7, 11) is 0. The van der Waals surface area contributed by atoms with Crippen molar-refractivity contribution < 1.29 is 13.9 Å². The summed E-state index contributed by atoms with van der Waals surface area (Å²) in [6, 6.07) is 15.0. The van der Waals surface area contributed by atoms with Crippen LogP contribution in [0, 0.1) is 12.7 Å². The Kier molecular flexibility index (Phi) is 4.48. The molecule has 3 nitrogen and oxygen atoms in total. The highest BCUT2D eigenvalue weighted by Crippen LogP contribution is 2.29. The number of halogens is 1. The van der Waals surface area contributed by atoms with Gasteiger partial charge in [0.25, 0.3) is 0 Å². The predicted octanol–water partition coefficient (Wildman–Crippen LogP) is 4.41. The molecule has 3 aromatic rings. The number of thiazole rings is 1. The summed E-state index contributed by atoms with van der Waals surface area (Å²) in [5.41, 5.74) is 1.50. The van der Waals surface area contributed by atoms with Crippen LogP contribution in [-0.2, 0) is 11.2 Å². The average Bonchev–Trinajstić information content (AvgIpc) is 2.89. The topological polar surface area (TPSA) is 39.2 Å². The number of ether oxygens (including phenoxy) is 1. The van der Waals surface area contributed by atoms with Crippen LogP contribution in [0.5, 0.6) is 5.75 Å². The molecule has 1 heterocycles. The van der Waals surface area contributed by atoms with Crippen molar-refractivity contribution in [3.05, 3.63) is 70.3 Å². The first-order chi connectivity index (χ1) is 11.1. The smallest absolute Gasteiger partial charge is 0.316 e. The molecule has 0 aliphatic carbocycles. The molecule has 3 rings (SSSR count). The minimum absolute atomic E-state index is 0.132. The Morgan fingerprint density at radius 2 is 1.83 bits per heavy atom. The van der Waals surface area contributed by atoms with Crippen LogP contribution in [0.25, 0.3) is 11.3 Å². The second-order valence-electron chi connectivity index (χ2n) is 4.98. The molecule has 1 aromatic heterocycles. The number of aryl methyl sites for hydroxylation is 1. The van der Waals surface area contributed by atoms with Crippen molar-refractivity contribution in [1.29, 1.82) is 0 Å². The molecular formula is C18H14FNO2S. The fourth-order valence-corrected chi connectivity index (χ4v) is 3.15. The third-order valence-corrected chi connectivity index (χ3v) is 4.17. The molecule has 0 aliphatic rings. The average molecular weight is 327 g/mol. The van der Waals surface area contributed by atoms with Crippen LogP contribution in [0.2, 0.25) is 0 Å². The van der Waals surface area contributed by atoms with E-state index in [4.69, 9.17) is 4.74 Å². The Morgan fingerprint density at radius 3 is 2.52 bits per heavy atom. The van der Waals surface area contributed by atoms with E-state index < -0.39 is 0 Å². The quantitative estimate of drug-likeness (QED) is 0.526. The zero-order valence-corrected chi connectivity index (χ0v) is 13.3. The van der Waals surface area contributed by atoms with Gasteiger partial charge in [0.15, 0.2) is 0 Å². The fourth-order valence-electron chi connectivity index (χ4n) is 2.21. The lowest BCUT2D eigenvalue weighted by Crippen LogP contribution is -2.10. The van der Waals surface area contributed by atoms with Crippen molar-refractivity contribution >= 4 is 17.3 Å². The zero-order chi connectivity index (χ0) is 16.2. The van der Waals surface area contributed by atoms with Crippen LogP contribution < -0.4 is 4.74 Å². The van der Waals surface area contributed by atoms with Gasteiger partial charge in [-0.3, -0.25) is 4.79 Å². The first-order valence-corrected chi connectivity index (χ1v) is 7.91. The van der Waals surface area contributed by atoms with E-state index in [-0.39, 0.29) is 18.2 Å². The molecule has 2 aromatic carbocycles. The van der Waals surface area contributed by atoms with Crippen molar-refractivity contribution in [3.8, 4) is 17.0 Å². The molecule has 0 spiro atoms. The Hall–Kier alpha value is -2.53. The third kappa shape index (κ3) is 3.81. The maximum atomic E-state index is 13.1. The Labute approximate surface area is 137 Å².